The van der Waals surface area contributed by atoms with Gasteiger partial charge in [0.05, 0.1) is 0 Å². The molecule has 1 heterocycles. The smallest absolute Gasteiger partial charge is 0.0476 e. The molecule has 0 bridgehead atoms. The van der Waals surface area contributed by atoms with Gasteiger partial charge in [0, 0.05) is 30.7 Å². The zero-order chi connectivity index (χ0) is 13.6. The molecule has 2 aliphatic carbocycles. The molecular formula is C18H26N2. The van der Waals surface area contributed by atoms with Crippen molar-refractivity contribution in [3.8, 4) is 0 Å². The van der Waals surface area contributed by atoms with E-state index in [-0.39, 0.29) is 0 Å². The standard InChI is InChI=1S/C18H26N2/c1-18(15-10-11-15)13-20(16-8-5-9-16)17(12-19-18)14-6-3-2-4-7-14/h2-4,6-7,15-17,19H,5,8-13H2,1H3. The highest BCUT2D eigenvalue weighted by atomic mass is 15.3. The van der Waals surface area contributed by atoms with E-state index in [0.29, 0.717) is 11.6 Å². The van der Waals surface area contributed by atoms with Gasteiger partial charge in [-0.1, -0.05) is 36.8 Å². The van der Waals surface area contributed by atoms with Crippen molar-refractivity contribution in [3.63, 3.8) is 0 Å². The molecule has 108 valence electrons. The Labute approximate surface area is 122 Å². The Morgan fingerprint density at radius 2 is 1.85 bits per heavy atom. The maximum Gasteiger partial charge on any atom is 0.0476 e. The van der Waals surface area contributed by atoms with Crippen molar-refractivity contribution in [2.75, 3.05) is 13.1 Å². The van der Waals surface area contributed by atoms with Crippen molar-refractivity contribution in [1.29, 1.82) is 0 Å². The third-order valence-electron chi connectivity index (χ3n) is 5.82. The number of hydrogen-bond acceptors (Lipinski definition) is 2. The minimum atomic E-state index is 0.362. The number of rotatable bonds is 3. The van der Waals surface area contributed by atoms with E-state index in [2.05, 4.69) is 47.5 Å². The summed E-state index contributed by atoms with van der Waals surface area (Å²) in [4.78, 5) is 2.83. The summed E-state index contributed by atoms with van der Waals surface area (Å²) in [6, 6.07) is 12.5. The monoisotopic (exact) mass is 270 g/mol. The summed E-state index contributed by atoms with van der Waals surface area (Å²) in [7, 11) is 0. The Hall–Kier alpha value is -0.860. The molecule has 1 aromatic rings. The maximum absolute atomic E-state index is 3.90. The van der Waals surface area contributed by atoms with E-state index in [4.69, 9.17) is 0 Å². The summed E-state index contributed by atoms with van der Waals surface area (Å²) in [5.41, 5.74) is 1.85. The van der Waals surface area contributed by atoms with Crippen LogP contribution in [0.5, 0.6) is 0 Å². The first-order valence-corrected chi connectivity index (χ1v) is 8.32. The van der Waals surface area contributed by atoms with Gasteiger partial charge in [0.15, 0.2) is 0 Å². The highest BCUT2D eigenvalue weighted by Crippen LogP contribution is 2.44. The molecule has 0 amide bonds. The second-order valence-corrected chi connectivity index (χ2v) is 7.26. The van der Waals surface area contributed by atoms with Crippen LogP contribution in [-0.2, 0) is 0 Å². The zero-order valence-corrected chi connectivity index (χ0v) is 12.5. The molecule has 1 aromatic carbocycles. The summed E-state index contributed by atoms with van der Waals surface area (Å²) >= 11 is 0. The summed E-state index contributed by atoms with van der Waals surface area (Å²) in [6.07, 6.45) is 7.10. The maximum atomic E-state index is 3.90. The van der Waals surface area contributed by atoms with Crippen molar-refractivity contribution >= 4 is 0 Å². The molecule has 0 aromatic heterocycles. The van der Waals surface area contributed by atoms with E-state index in [1.165, 1.54) is 44.2 Å². The molecule has 0 spiro atoms. The predicted octanol–water partition coefficient (Wildman–Crippen LogP) is 3.35. The Morgan fingerprint density at radius 1 is 1.10 bits per heavy atom. The topological polar surface area (TPSA) is 15.3 Å². The van der Waals surface area contributed by atoms with Gasteiger partial charge in [-0.3, -0.25) is 4.90 Å². The van der Waals surface area contributed by atoms with Gasteiger partial charge in [0.2, 0.25) is 0 Å². The van der Waals surface area contributed by atoms with Gasteiger partial charge in [-0.15, -0.1) is 0 Å². The number of nitrogens with zero attached hydrogens (tertiary/aromatic N) is 1. The van der Waals surface area contributed by atoms with Gasteiger partial charge in [0.1, 0.15) is 0 Å². The Bertz CT molecular complexity index is 464. The number of hydrogen-bond donors (Lipinski definition) is 1. The van der Waals surface area contributed by atoms with Crippen LogP contribution >= 0.6 is 0 Å². The van der Waals surface area contributed by atoms with Crippen LogP contribution in [-0.4, -0.2) is 29.6 Å². The van der Waals surface area contributed by atoms with E-state index in [9.17, 15) is 0 Å². The molecule has 2 atom stereocenters. The first-order chi connectivity index (χ1) is 9.76. The molecule has 2 saturated carbocycles. The predicted molar refractivity (Wildman–Crippen MR) is 82.7 cm³/mol. The van der Waals surface area contributed by atoms with E-state index in [0.717, 1.165) is 18.5 Å². The molecule has 20 heavy (non-hydrogen) atoms. The van der Waals surface area contributed by atoms with Crippen LogP contribution in [0.3, 0.4) is 0 Å². The summed E-state index contributed by atoms with van der Waals surface area (Å²) in [6.45, 7) is 4.81. The van der Waals surface area contributed by atoms with E-state index in [1.807, 2.05) is 0 Å². The van der Waals surface area contributed by atoms with Crippen LogP contribution in [0.25, 0.3) is 0 Å². The van der Waals surface area contributed by atoms with Crippen molar-refractivity contribution in [2.45, 2.75) is 56.7 Å². The molecule has 2 nitrogen and oxygen atoms in total. The van der Waals surface area contributed by atoms with Crippen molar-refractivity contribution in [2.24, 2.45) is 5.92 Å². The van der Waals surface area contributed by atoms with Crippen LogP contribution in [0.4, 0.5) is 0 Å². The van der Waals surface area contributed by atoms with Crippen LogP contribution in [0.15, 0.2) is 30.3 Å². The second kappa shape index (κ2) is 4.85. The highest BCUT2D eigenvalue weighted by Gasteiger charge is 2.48. The van der Waals surface area contributed by atoms with E-state index >= 15 is 0 Å². The summed E-state index contributed by atoms with van der Waals surface area (Å²) in [5, 5.41) is 3.90. The average molecular weight is 270 g/mol. The lowest BCUT2D eigenvalue weighted by Crippen LogP contribution is -2.63. The van der Waals surface area contributed by atoms with Crippen LogP contribution in [0, 0.1) is 5.92 Å². The fourth-order valence-corrected chi connectivity index (χ4v) is 4.07. The molecule has 1 N–H and O–H groups in total. The Kier molecular flexibility index (Phi) is 3.12. The molecule has 1 aliphatic heterocycles. The van der Waals surface area contributed by atoms with E-state index < -0.39 is 0 Å². The second-order valence-electron chi connectivity index (χ2n) is 7.26. The number of benzene rings is 1. The Morgan fingerprint density at radius 3 is 2.45 bits per heavy atom. The molecule has 0 radical (unpaired) electrons. The lowest BCUT2D eigenvalue weighted by Gasteiger charge is -2.52. The fraction of sp³-hybridized carbons (Fsp3) is 0.667. The van der Waals surface area contributed by atoms with Gasteiger partial charge >= 0.3 is 0 Å². The minimum Gasteiger partial charge on any atom is -0.308 e. The van der Waals surface area contributed by atoms with Crippen LogP contribution in [0.1, 0.15) is 50.6 Å². The summed E-state index contributed by atoms with van der Waals surface area (Å²) in [5.74, 6) is 0.918. The van der Waals surface area contributed by atoms with Gasteiger partial charge in [-0.05, 0) is 44.1 Å². The average Bonchev–Trinajstić information content (AvgIpc) is 3.23. The van der Waals surface area contributed by atoms with Crippen molar-refractivity contribution < 1.29 is 0 Å². The van der Waals surface area contributed by atoms with Crippen molar-refractivity contribution in [1.82, 2.24) is 10.2 Å². The SMILES string of the molecule is CC1(C2CC2)CN(C2CCC2)C(c2ccccc2)CN1. The molecule has 4 rings (SSSR count). The molecule has 3 aliphatic rings. The van der Waals surface area contributed by atoms with Gasteiger partial charge < -0.3 is 5.32 Å². The zero-order valence-electron chi connectivity index (χ0n) is 12.5. The lowest BCUT2D eigenvalue weighted by molar-refractivity contribution is 0.00825. The number of piperazine rings is 1. The fourth-order valence-electron chi connectivity index (χ4n) is 4.07. The largest absolute Gasteiger partial charge is 0.308 e. The van der Waals surface area contributed by atoms with Crippen LogP contribution < -0.4 is 5.32 Å². The van der Waals surface area contributed by atoms with E-state index in [1.54, 1.807) is 0 Å². The lowest BCUT2D eigenvalue weighted by atomic mass is 9.83. The highest BCUT2D eigenvalue weighted by molar-refractivity contribution is 5.22. The third-order valence-corrected chi connectivity index (χ3v) is 5.82. The molecular weight excluding hydrogens is 244 g/mol. The quantitative estimate of drug-likeness (QED) is 0.906. The molecule has 1 saturated heterocycles. The molecule has 2 heteroatoms. The van der Waals surface area contributed by atoms with Gasteiger partial charge in [-0.25, -0.2) is 0 Å². The van der Waals surface area contributed by atoms with Gasteiger partial charge in [-0.2, -0.15) is 0 Å². The van der Waals surface area contributed by atoms with Crippen LogP contribution in [0.2, 0.25) is 0 Å². The molecule has 3 fully saturated rings. The van der Waals surface area contributed by atoms with Gasteiger partial charge in [0.25, 0.3) is 0 Å². The third kappa shape index (κ3) is 2.19. The normalized spacial score (nSPS) is 35.8. The summed E-state index contributed by atoms with van der Waals surface area (Å²) < 4.78 is 0. The van der Waals surface area contributed by atoms with Crippen molar-refractivity contribution in [3.05, 3.63) is 35.9 Å². The molecule has 2 unspecified atom stereocenters. The first-order valence-electron chi connectivity index (χ1n) is 8.32. The Balaban J connectivity index is 1.59. The number of nitrogens with one attached hydrogen (secondary N) is 1. The first kappa shape index (κ1) is 12.8. The minimum absolute atomic E-state index is 0.362.